The molecule has 0 saturated heterocycles. The number of halogens is 1. The number of aliphatic hydroxyl groups is 1. The van der Waals surface area contributed by atoms with Crippen LogP contribution in [0.15, 0.2) is 18.2 Å². The average molecular weight is 125 g/mol. The Balaban J connectivity index is 2.88. The number of hydrogen-bond donors (Lipinski definition) is 1. The van der Waals surface area contributed by atoms with Crippen molar-refractivity contribution in [3.05, 3.63) is 35.6 Å². The molecule has 47 valence electrons. The van der Waals surface area contributed by atoms with Crippen LogP contribution in [0.5, 0.6) is 0 Å². The highest BCUT2D eigenvalue weighted by molar-refractivity contribution is 5.12. The van der Waals surface area contributed by atoms with E-state index in [0.29, 0.717) is 5.56 Å². The van der Waals surface area contributed by atoms with Crippen molar-refractivity contribution < 1.29 is 9.50 Å². The summed E-state index contributed by atoms with van der Waals surface area (Å²) < 4.78 is 12.1. The first-order valence-electron chi connectivity index (χ1n) is 2.60. The first kappa shape index (κ1) is 6.23. The van der Waals surface area contributed by atoms with Gasteiger partial charge in [-0.1, -0.05) is 6.07 Å². The maximum absolute atomic E-state index is 12.1. The lowest BCUT2D eigenvalue weighted by atomic mass is 10.2. The van der Waals surface area contributed by atoms with Crippen LogP contribution in [0.25, 0.3) is 0 Å². The molecular weight excluding hydrogens is 119 g/mol. The molecule has 1 aromatic carbocycles. The van der Waals surface area contributed by atoms with Gasteiger partial charge in [0.15, 0.2) is 0 Å². The van der Waals surface area contributed by atoms with E-state index in [1.807, 2.05) is 0 Å². The third-order valence-corrected chi connectivity index (χ3v) is 1.01. The van der Waals surface area contributed by atoms with E-state index < -0.39 is 0 Å². The SMILES string of the molecule is OCc1[c]cc(F)cc1. The lowest BCUT2D eigenvalue weighted by Crippen LogP contribution is -1.82. The van der Waals surface area contributed by atoms with Crippen LogP contribution >= 0.6 is 0 Å². The van der Waals surface area contributed by atoms with E-state index in [-0.39, 0.29) is 12.4 Å². The van der Waals surface area contributed by atoms with Gasteiger partial charge in [-0.25, -0.2) is 4.39 Å². The smallest absolute Gasteiger partial charge is 0.123 e. The predicted molar refractivity (Wildman–Crippen MR) is 31.2 cm³/mol. The van der Waals surface area contributed by atoms with E-state index in [0.717, 1.165) is 0 Å². The molecule has 0 aliphatic heterocycles. The molecule has 0 amide bonds. The molecule has 1 nitrogen and oxygen atoms in total. The van der Waals surface area contributed by atoms with Gasteiger partial charge in [-0.05, 0) is 23.8 Å². The molecule has 0 spiro atoms. The summed E-state index contributed by atoms with van der Waals surface area (Å²) in [4.78, 5) is 0. The lowest BCUT2D eigenvalue weighted by molar-refractivity contribution is 0.281. The maximum atomic E-state index is 12.1. The largest absolute Gasteiger partial charge is 0.392 e. The van der Waals surface area contributed by atoms with Crippen molar-refractivity contribution in [2.45, 2.75) is 6.61 Å². The molecule has 0 saturated carbocycles. The van der Waals surface area contributed by atoms with Gasteiger partial charge in [0, 0.05) is 0 Å². The zero-order valence-electron chi connectivity index (χ0n) is 4.76. The van der Waals surface area contributed by atoms with Crippen molar-refractivity contribution in [3.63, 3.8) is 0 Å². The van der Waals surface area contributed by atoms with Gasteiger partial charge in [-0.3, -0.25) is 0 Å². The Morgan fingerprint density at radius 1 is 1.56 bits per heavy atom. The third-order valence-electron chi connectivity index (χ3n) is 1.01. The molecule has 0 aliphatic carbocycles. The molecule has 0 aliphatic rings. The highest BCUT2D eigenvalue weighted by atomic mass is 19.1. The van der Waals surface area contributed by atoms with Gasteiger partial charge in [0.25, 0.3) is 0 Å². The molecule has 0 heterocycles. The average Bonchev–Trinajstić information content (AvgIpc) is 1.90. The molecular formula is C7H6FO. The Labute approximate surface area is 52.8 Å². The summed E-state index contributed by atoms with van der Waals surface area (Å²) in [6.07, 6.45) is 0. The predicted octanol–water partition coefficient (Wildman–Crippen LogP) is 1.12. The summed E-state index contributed by atoms with van der Waals surface area (Å²) in [5.74, 6) is -0.327. The second-order valence-electron chi connectivity index (χ2n) is 1.69. The van der Waals surface area contributed by atoms with Gasteiger partial charge in [-0.15, -0.1) is 0 Å². The Morgan fingerprint density at radius 2 is 2.33 bits per heavy atom. The van der Waals surface area contributed by atoms with E-state index in [2.05, 4.69) is 6.07 Å². The maximum Gasteiger partial charge on any atom is 0.123 e. The van der Waals surface area contributed by atoms with Gasteiger partial charge in [-0.2, -0.15) is 0 Å². The number of aliphatic hydroxyl groups excluding tert-OH is 1. The van der Waals surface area contributed by atoms with Crippen LogP contribution in [-0.4, -0.2) is 5.11 Å². The van der Waals surface area contributed by atoms with E-state index in [9.17, 15) is 4.39 Å². The fourth-order valence-electron chi connectivity index (χ4n) is 0.536. The van der Waals surface area contributed by atoms with Crippen molar-refractivity contribution >= 4 is 0 Å². The normalized spacial score (nSPS) is 9.56. The quantitative estimate of drug-likeness (QED) is 0.596. The monoisotopic (exact) mass is 125 g/mol. The summed E-state index contributed by atoms with van der Waals surface area (Å²) in [6, 6.07) is 6.55. The third kappa shape index (κ3) is 1.50. The van der Waals surface area contributed by atoms with Gasteiger partial charge < -0.3 is 5.11 Å². The first-order valence-corrected chi connectivity index (χ1v) is 2.60. The summed E-state index contributed by atoms with van der Waals surface area (Å²) in [6.45, 7) is -0.0831. The van der Waals surface area contributed by atoms with E-state index >= 15 is 0 Å². The number of hydrogen-bond acceptors (Lipinski definition) is 1. The Bertz CT molecular complexity index is 181. The van der Waals surface area contributed by atoms with Crippen LogP contribution in [0.3, 0.4) is 0 Å². The minimum absolute atomic E-state index is 0.0831. The first-order chi connectivity index (χ1) is 4.33. The van der Waals surface area contributed by atoms with Crippen LogP contribution < -0.4 is 0 Å². The second kappa shape index (κ2) is 2.60. The van der Waals surface area contributed by atoms with E-state index in [1.54, 1.807) is 0 Å². The van der Waals surface area contributed by atoms with Crippen molar-refractivity contribution in [2.24, 2.45) is 0 Å². The Hall–Kier alpha value is -0.890. The minimum atomic E-state index is -0.327. The van der Waals surface area contributed by atoms with Gasteiger partial charge >= 0.3 is 0 Å². The van der Waals surface area contributed by atoms with Crippen molar-refractivity contribution in [1.29, 1.82) is 0 Å². The molecule has 0 fully saturated rings. The number of benzene rings is 1. The zero-order chi connectivity index (χ0) is 6.69. The van der Waals surface area contributed by atoms with E-state index in [4.69, 9.17) is 5.11 Å². The van der Waals surface area contributed by atoms with Crippen LogP contribution in [0.2, 0.25) is 0 Å². The fraction of sp³-hybridized carbons (Fsp3) is 0.143. The Kier molecular flexibility index (Phi) is 1.80. The van der Waals surface area contributed by atoms with Gasteiger partial charge in [0.1, 0.15) is 5.82 Å². The minimum Gasteiger partial charge on any atom is -0.392 e. The molecule has 1 radical (unpaired) electrons. The molecule has 0 bridgehead atoms. The highest BCUT2D eigenvalue weighted by Gasteiger charge is 1.89. The topological polar surface area (TPSA) is 20.2 Å². The van der Waals surface area contributed by atoms with Crippen LogP contribution in [-0.2, 0) is 6.61 Å². The fourth-order valence-corrected chi connectivity index (χ4v) is 0.536. The Morgan fingerprint density at radius 3 is 2.78 bits per heavy atom. The summed E-state index contributed by atoms with van der Waals surface area (Å²) in [7, 11) is 0. The molecule has 0 aromatic heterocycles. The second-order valence-corrected chi connectivity index (χ2v) is 1.69. The van der Waals surface area contributed by atoms with Gasteiger partial charge in [0.05, 0.1) is 6.61 Å². The van der Waals surface area contributed by atoms with Crippen molar-refractivity contribution in [2.75, 3.05) is 0 Å². The van der Waals surface area contributed by atoms with Gasteiger partial charge in [0.2, 0.25) is 0 Å². The van der Waals surface area contributed by atoms with Crippen molar-refractivity contribution in [1.82, 2.24) is 0 Å². The van der Waals surface area contributed by atoms with E-state index in [1.165, 1.54) is 18.2 Å². The van der Waals surface area contributed by atoms with Crippen LogP contribution in [0, 0.1) is 11.9 Å². The molecule has 9 heavy (non-hydrogen) atoms. The molecule has 2 heteroatoms. The van der Waals surface area contributed by atoms with Crippen LogP contribution in [0.4, 0.5) is 4.39 Å². The summed E-state index contributed by atoms with van der Waals surface area (Å²) >= 11 is 0. The standard InChI is InChI=1S/C7H6FO/c8-7-3-1-6(5-9)2-4-7/h1,3-4,9H,5H2. The highest BCUT2D eigenvalue weighted by Crippen LogP contribution is 2.00. The van der Waals surface area contributed by atoms with Crippen LogP contribution in [0.1, 0.15) is 5.56 Å². The molecule has 0 unspecified atom stereocenters. The van der Waals surface area contributed by atoms with Crippen molar-refractivity contribution in [3.8, 4) is 0 Å². The summed E-state index contributed by atoms with van der Waals surface area (Å²) in [5.41, 5.74) is 0.608. The molecule has 1 aromatic rings. The molecule has 1 N–H and O–H groups in total. The zero-order valence-corrected chi connectivity index (χ0v) is 4.76. The summed E-state index contributed by atoms with van der Waals surface area (Å²) in [5, 5.41) is 8.47. The lowest BCUT2D eigenvalue weighted by Gasteiger charge is -1.90. The number of rotatable bonds is 1. The molecule has 1 rings (SSSR count). The molecule has 0 atom stereocenters.